The fourth-order valence-corrected chi connectivity index (χ4v) is 2.63. The van der Waals surface area contributed by atoms with Gasteiger partial charge in [0.25, 0.3) is 0 Å². The minimum absolute atomic E-state index is 0.00483. The Morgan fingerprint density at radius 2 is 1.96 bits per heavy atom. The maximum absolute atomic E-state index is 12.3. The molecule has 140 valence electrons. The van der Waals surface area contributed by atoms with Gasteiger partial charge in [0.1, 0.15) is 17.6 Å². The second-order valence-electron chi connectivity index (χ2n) is 6.01. The highest BCUT2D eigenvalue weighted by atomic mass is 16.6. The minimum atomic E-state index is -0.999. The van der Waals surface area contributed by atoms with Crippen LogP contribution in [-0.2, 0) is 20.9 Å². The summed E-state index contributed by atoms with van der Waals surface area (Å²) in [6, 6.07) is 3.40. The molecule has 0 aromatic carbocycles. The Morgan fingerprint density at radius 1 is 1.28 bits per heavy atom. The van der Waals surface area contributed by atoms with Crippen LogP contribution in [0, 0.1) is 0 Å². The van der Waals surface area contributed by atoms with Crippen LogP contribution in [0.4, 0.5) is 4.79 Å². The van der Waals surface area contributed by atoms with E-state index in [9.17, 15) is 14.4 Å². The molecule has 2 N–H and O–H groups in total. The lowest BCUT2D eigenvalue weighted by Gasteiger charge is -2.35. The third-order valence-electron chi connectivity index (χ3n) is 3.75. The molecule has 1 aromatic rings. The van der Waals surface area contributed by atoms with Crippen LogP contribution in [0.5, 0.6) is 0 Å². The Kier molecular flexibility index (Phi) is 9.36. The van der Waals surface area contributed by atoms with Gasteiger partial charge in [0.2, 0.25) is 5.91 Å². The van der Waals surface area contributed by atoms with Gasteiger partial charge >= 0.3 is 6.09 Å². The molecule has 0 unspecified atom stereocenters. The molecule has 1 saturated carbocycles. The normalized spacial score (nSPS) is 15.3. The maximum atomic E-state index is 12.3. The van der Waals surface area contributed by atoms with Crippen molar-refractivity contribution in [1.82, 2.24) is 10.6 Å². The summed E-state index contributed by atoms with van der Waals surface area (Å²) in [4.78, 5) is 34.7. The summed E-state index contributed by atoms with van der Waals surface area (Å²) in [5.74, 6) is 0.187. The van der Waals surface area contributed by atoms with Crippen molar-refractivity contribution in [3.63, 3.8) is 0 Å². The second kappa shape index (κ2) is 11.3. The standard InChI is InChI=1S/C15H20N2O5.C3H8/c18-9-8-16-13(19)15(6-2-1-3-7-15)17-14(20)22-11-12-5-4-10-21-12;1-3-2/h4-5,9-10H,1-3,6-8,11H2,(H,16,19)(H,17,20);3H2,1-2H3. The Labute approximate surface area is 148 Å². The number of carbonyl (C=O) groups is 3. The topological polar surface area (TPSA) is 97.6 Å². The van der Waals surface area contributed by atoms with Gasteiger partial charge in [0.05, 0.1) is 12.8 Å². The first-order valence-electron chi connectivity index (χ1n) is 8.77. The molecule has 7 nitrogen and oxygen atoms in total. The molecule has 1 aromatic heterocycles. The molecule has 0 bridgehead atoms. The highest BCUT2D eigenvalue weighted by Crippen LogP contribution is 2.28. The molecule has 2 amide bonds. The quantitative estimate of drug-likeness (QED) is 0.767. The van der Waals surface area contributed by atoms with Crippen molar-refractivity contribution in [3.05, 3.63) is 24.2 Å². The predicted octanol–water partition coefficient (Wildman–Crippen LogP) is 2.94. The average Bonchev–Trinajstić information content (AvgIpc) is 3.13. The Hall–Kier alpha value is -2.31. The highest BCUT2D eigenvalue weighted by molar-refractivity contribution is 5.91. The Balaban J connectivity index is 0.000000970. The van der Waals surface area contributed by atoms with E-state index in [-0.39, 0.29) is 19.1 Å². The summed E-state index contributed by atoms with van der Waals surface area (Å²) < 4.78 is 10.2. The van der Waals surface area contributed by atoms with Crippen LogP contribution in [0.3, 0.4) is 0 Å². The predicted molar refractivity (Wildman–Crippen MR) is 92.9 cm³/mol. The molecule has 0 radical (unpaired) electrons. The number of rotatable bonds is 6. The number of alkyl carbamates (subject to hydrolysis) is 1. The van der Waals surface area contributed by atoms with E-state index in [2.05, 4.69) is 24.5 Å². The van der Waals surface area contributed by atoms with E-state index in [1.807, 2.05) is 0 Å². The molecule has 0 saturated heterocycles. The van der Waals surface area contributed by atoms with Crippen molar-refractivity contribution in [2.75, 3.05) is 6.54 Å². The van der Waals surface area contributed by atoms with E-state index in [1.165, 1.54) is 12.7 Å². The number of carbonyl (C=O) groups excluding carboxylic acids is 3. The second-order valence-corrected chi connectivity index (χ2v) is 6.01. The first-order valence-corrected chi connectivity index (χ1v) is 8.77. The van der Waals surface area contributed by atoms with Crippen LogP contribution in [0.1, 0.15) is 58.1 Å². The number of hydrogen-bond acceptors (Lipinski definition) is 5. The molecule has 1 fully saturated rings. The monoisotopic (exact) mass is 352 g/mol. The van der Waals surface area contributed by atoms with Gasteiger partial charge in [-0.25, -0.2) is 4.79 Å². The van der Waals surface area contributed by atoms with Crippen LogP contribution in [0.2, 0.25) is 0 Å². The van der Waals surface area contributed by atoms with Gasteiger partial charge in [-0.2, -0.15) is 0 Å². The van der Waals surface area contributed by atoms with Gasteiger partial charge in [0.15, 0.2) is 6.61 Å². The summed E-state index contributed by atoms with van der Waals surface area (Å²) >= 11 is 0. The largest absolute Gasteiger partial charge is 0.466 e. The Bertz CT molecular complexity index is 522. The zero-order chi connectivity index (χ0) is 18.5. The molecular weight excluding hydrogens is 324 g/mol. The molecule has 1 aliphatic rings. The number of hydrogen-bond donors (Lipinski definition) is 2. The minimum Gasteiger partial charge on any atom is -0.466 e. The summed E-state index contributed by atoms with van der Waals surface area (Å²) in [5, 5.41) is 5.19. The van der Waals surface area contributed by atoms with E-state index in [0.717, 1.165) is 19.3 Å². The van der Waals surface area contributed by atoms with Gasteiger partial charge in [-0.1, -0.05) is 39.5 Å². The van der Waals surface area contributed by atoms with E-state index in [4.69, 9.17) is 9.15 Å². The fraction of sp³-hybridized carbons (Fsp3) is 0.611. The molecular formula is C18H28N2O5. The van der Waals surface area contributed by atoms with Crippen LogP contribution in [-0.4, -0.2) is 30.4 Å². The summed E-state index contributed by atoms with van der Waals surface area (Å²) in [6.45, 7) is 4.19. The number of ether oxygens (including phenoxy) is 1. The number of furan rings is 1. The lowest BCUT2D eigenvalue weighted by atomic mass is 9.81. The first-order chi connectivity index (χ1) is 12.1. The SMILES string of the molecule is CCC.O=CCNC(=O)C1(NC(=O)OCc2ccco2)CCCCC1. The van der Waals surface area contributed by atoms with Crippen LogP contribution < -0.4 is 10.6 Å². The number of nitrogens with one attached hydrogen (secondary N) is 2. The third kappa shape index (κ3) is 6.99. The molecule has 0 aliphatic heterocycles. The summed E-state index contributed by atoms with van der Waals surface area (Å²) in [7, 11) is 0. The van der Waals surface area contributed by atoms with Crippen LogP contribution in [0.15, 0.2) is 22.8 Å². The maximum Gasteiger partial charge on any atom is 0.408 e. The lowest BCUT2D eigenvalue weighted by Crippen LogP contribution is -2.60. The third-order valence-corrected chi connectivity index (χ3v) is 3.75. The van der Waals surface area contributed by atoms with Crippen molar-refractivity contribution in [2.24, 2.45) is 0 Å². The summed E-state index contributed by atoms with van der Waals surface area (Å²) in [6.07, 6.45) is 6.46. The number of amides is 2. The fourth-order valence-electron chi connectivity index (χ4n) is 2.63. The van der Waals surface area contributed by atoms with Crippen molar-refractivity contribution in [2.45, 2.75) is 64.5 Å². The Morgan fingerprint density at radius 3 is 2.52 bits per heavy atom. The van der Waals surface area contributed by atoms with Crippen molar-refractivity contribution in [1.29, 1.82) is 0 Å². The lowest BCUT2D eigenvalue weighted by molar-refractivity contribution is -0.129. The van der Waals surface area contributed by atoms with E-state index < -0.39 is 11.6 Å². The smallest absolute Gasteiger partial charge is 0.408 e. The summed E-state index contributed by atoms with van der Waals surface area (Å²) in [5.41, 5.74) is -0.999. The highest BCUT2D eigenvalue weighted by Gasteiger charge is 2.41. The zero-order valence-corrected chi connectivity index (χ0v) is 15.0. The van der Waals surface area contributed by atoms with Crippen LogP contribution >= 0.6 is 0 Å². The molecule has 1 aliphatic carbocycles. The van der Waals surface area contributed by atoms with Gasteiger partial charge < -0.3 is 24.6 Å². The van der Waals surface area contributed by atoms with E-state index in [0.29, 0.717) is 24.9 Å². The van der Waals surface area contributed by atoms with E-state index >= 15 is 0 Å². The van der Waals surface area contributed by atoms with E-state index in [1.54, 1.807) is 12.1 Å². The van der Waals surface area contributed by atoms with Crippen LogP contribution in [0.25, 0.3) is 0 Å². The van der Waals surface area contributed by atoms with Crippen molar-refractivity contribution in [3.8, 4) is 0 Å². The van der Waals surface area contributed by atoms with Gasteiger partial charge in [-0.05, 0) is 25.0 Å². The van der Waals surface area contributed by atoms with Gasteiger partial charge in [0, 0.05) is 0 Å². The van der Waals surface area contributed by atoms with Crippen molar-refractivity contribution < 1.29 is 23.5 Å². The molecule has 1 heterocycles. The first kappa shape index (κ1) is 20.7. The average molecular weight is 352 g/mol. The van der Waals surface area contributed by atoms with Crippen molar-refractivity contribution >= 4 is 18.3 Å². The zero-order valence-electron chi connectivity index (χ0n) is 15.0. The molecule has 0 spiro atoms. The molecule has 25 heavy (non-hydrogen) atoms. The molecule has 7 heteroatoms. The van der Waals surface area contributed by atoms with Gasteiger partial charge in [-0.15, -0.1) is 0 Å². The molecule has 2 rings (SSSR count). The molecule has 0 atom stereocenters. The number of aldehydes is 1. The van der Waals surface area contributed by atoms with Gasteiger partial charge in [-0.3, -0.25) is 4.79 Å².